The molecule has 0 spiro atoms. The van der Waals surface area contributed by atoms with Gasteiger partial charge in [0.05, 0.1) is 5.56 Å². The van der Waals surface area contributed by atoms with Crippen molar-refractivity contribution in [3.63, 3.8) is 0 Å². The van der Waals surface area contributed by atoms with E-state index in [9.17, 15) is 9.90 Å². The van der Waals surface area contributed by atoms with Gasteiger partial charge in [0.15, 0.2) is 0 Å². The third-order valence-corrected chi connectivity index (χ3v) is 3.62. The minimum Gasteiger partial charge on any atom is -0.507 e. The van der Waals surface area contributed by atoms with Crippen molar-refractivity contribution in [3.8, 4) is 5.75 Å². The number of halogens is 1. The van der Waals surface area contributed by atoms with E-state index in [1.165, 1.54) is 17.7 Å². The maximum absolute atomic E-state index is 12.4. The molecule has 4 heteroatoms. The average Bonchev–Trinajstić information content (AvgIpc) is 2.49. The molecule has 0 bridgehead atoms. The van der Waals surface area contributed by atoms with Crippen LogP contribution in [0.25, 0.3) is 0 Å². The van der Waals surface area contributed by atoms with E-state index in [1.54, 1.807) is 18.0 Å². The van der Waals surface area contributed by atoms with E-state index in [1.807, 2.05) is 12.1 Å². The van der Waals surface area contributed by atoms with Crippen molar-refractivity contribution in [1.29, 1.82) is 0 Å². The Hall–Kier alpha value is -2.00. The van der Waals surface area contributed by atoms with Crippen LogP contribution in [-0.4, -0.2) is 23.0 Å². The van der Waals surface area contributed by atoms with Gasteiger partial charge in [0.1, 0.15) is 5.75 Å². The largest absolute Gasteiger partial charge is 0.507 e. The second-order valence-electron chi connectivity index (χ2n) is 4.99. The number of hydrogen-bond donors (Lipinski definition) is 1. The second-order valence-corrected chi connectivity index (χ2v) is 5.43. The molecule has 0 saturated heterocycles. The summed E-state index contributed by atoms with van der Waals surface area (Å²) in [4.78, 5) is 13.9. The zero-order valence-electron chi connectivity index (χ0n) is 12.1. The summed E-state index contributed by atoms with van der Waals surface area (Å²) in [5, 5.41) is 10.2. The van der Waals surface area contributed by atoms with Gasteiger partial charge in [-0.05, 0) is 35.7 Å². The molecular weight excluding hydrogens is 286 g/mol. The van der Waals surface area contributed by atoms with Gasteiger partial charge in [0.25, 0.3) is 5.91 Å². The molecule has 0 aliphatic heterocycles. The van der Waals surface area contributed by atoms with Gasteiger partial charge in [-0.15, -0.1) is 0 Å². The maximum Gasteiger partial charge on any atom is 0.257 e. The van der Waals surface area contributed by atoms with E-state index in [2.05, 4.69) is 19.1 Å². The van der Waals surface area contributed by atoms with Crippen molar-refractivity contribution in [1.82, 2.24) is 4.90 Å². The van der Waals surface area contributed by atoms with Crippen LogP contribution in [0.15, 0.2) is 42.5 Å². The fraction of sp³-hybridized carbons (Fsp3) is 0.235. The van der Waals surface area contributed by atoms with Gasteiger partial charge < -0.3 is 10.0 Å². The van der Waals surface area contributed by atoms with Gasteiger partial charge in [-0.2, -0.15) is 0 Å². The van der Waals surface area contributed by atoms with E-state index in [0.717, 1.165) is 12.0 Å². The summed E-state index contributed by atoms with van der Waals surface area (Å²) in [6, 6.07) is 12.6. The molecule has 21 heavy (non-hydrogen) atoms. The third kappa shape index (κ3) is 3.76. The van der Waals surface area contributed by atoms with Gasteiger partial charge in [0, 0.05) is 18.6 Å². The molecule has 0 radical (unpaired) electrons. The van der Waals surface area contributed by atoms with Crippen LogP contribution >= 0.6 is 11.6 Å². The number of phenolic OH excluding ortho intramolecular Hbond substituents is 1. The van der Waals surface area contributed by atoms with E-state index >= 15 is 0 Å². The predicted octanol–water partition coefficient (Wildman–Crippen LogP) is 3.88. The summed E-state index contributed by atoms with van der Waals surface area (Å²) < 4.78 is 0. The molecule has 0 heterocycles. The number of hydrogen-bond acceptors (Lipinski definition) is 2. The first kappa shape index (κ1) is 15.4. The van der Waals surface area contributed by atoms with Crippen molar-refractivity contribution < 1.29 is 9.90 Å². The summed E-state index contributed by atoms with van der Waals surface area (Å²) in [5.41, 5.74) is 2.53. The Morgan fingerprint density at radius 3 is 2.38 bits per heavy atom. The molecule has 3 nitrogen and oxygen atoms in total. The van der Waals surface area contributed by atoms with Crippen LogP contribution in [0.2, 0.25) is 5.02 Å². The summed E-state index contributed by atoms with van der Waals surface area (Å²) in [5.74, 6) is -0.313. The number of benzene rings is 2. The number of carbonyl (C=O) groups is 1. The van der Waals surface area contributed by atoms with Crippen LogP contribution in [0, 0.1) is 0 Å². The molecule has 2 aromatic rings. The first-order chi connectivity index (χ1) is 10.0. The van der Waals surface area contributed by atoms with Gasteiger partial charge in [-0.1, -0.05) is 42.8 Å². The third-order valence-electron chi connectivity index (χ3n) is 3.39. The molecule has 0 aromatic heterocycles. The van der Waals surface area contributed by atoms with E-state index < -0.39 is 0 Å². The highest BCUT2D eigenvalue weighted by molar-refractivity contribution is 6.31. The highest BCUT2D eigenvalue weighted by Crippen LogP contribution is 2.23. The monoisotopic (exact) mass is 303 g/mol. The molecule has 2 aromatic carbocycles. The molecule has 0 saturated carbocycles. The number of aromatic hydroxyl groups is 1. The number of amides is 1. The van der Waals surface area contributed by atoms with Crippen molar-refractivity contribution >= 4 is 17.5 Å². The molecule has 0 fully saturated rings. The number of carbonyl (C=O) groups excluding carboxylic acids is 1. The van der Waals surface area contributed by atoms with Gasteiger partial charge in [-0.25, -0.2) is 0 Å². The second kappa shape index (κ2) is 6.64. The SMILES string of the molecule is CCc1ccc(CN(C)C(=O)c2cc(Cl)ccc2O)cc1. The quantitative estimate of drug-likeness (QED) is 0.931. The van der Waals surface area contributed by atoms with E-state index in [4.69, 9.17) is 11.6 Å². The summed E-state index contributed by atoms with van der Waals surface area (Å²) in [6.45, 7) is 2.58. The Kier molecular flexibility index (Phi) is 4.86. The average molecular weight is 304 g/mol. The smallest absolute Gasteiger partial charge is 0.257 e. The lowest BCUT2D eigenvalue weighted by Crippen LogP contribution is -2.26. The lowest BCUT2D eigenvalue weighted by molar-refractivity contribution is 0.0782. The molecule has 1 amide bonds. The van der Waals surface area contributed by atoms with Crippen molar-refractivity contribution in [2.75, 3.05) is 7.05 Å². The fourth-order valence-corrected chi connectivity index (χ4v) is 2.28. The number of aryl methyl sites for hydroxylation is 1. The van der Waals surface area contributed by atoms with Crippen LogP contribution in [0.1, 0.15) is 28.4 Å². The topological polar surface area (TPSA) is 40.5 Å². The lowest BCUT2D eigenvalue weighted by Gasteiger charge is -2.18. The first-order valence-electron chi connectivity index (χ1n) is 6.83. The van der Waals surface area contributed by atoms with Crippen LogP contribution in [0.5, 0.6) is 5.75 Å². The molecule has 0 atom stereocenters. The molecular formula is C17H18ClNO2. The highest BCUT2D eigenvalue weighted by Gasteiger charge is 2.16. The Bertz CT molecular complexity index is 638. The maximum atomic E-state index is 12.4. The zero-order chi connectivity index (χ0) is 15.4. The van der Waals surface area contributed by atoms with Gasteiger partial charge in [0.2, 0.25) is 0 Å². The normalized spacial score (nSPS) is 10.4. The minimum absolute atomic E-state index is 0.0578. The highest BCUT2D eigenvalue weighted by atomic mass is 35.5. The van der Waals surface area contributed by atoms with Crippen molar-refractivity contribution in [3.05, 3.63) is 64.2 Å². The number of phenols is 1. The predicted molar refractivity (Wildman–Crippen MR) is 84.7 cm³/mol. The molecule has 0 aliphatic carbocycles. The van der Waals surface area contributed by atoms with Crippen molar-refractivity contribution in [2.24, 2.45) is 0 Å². The molecule has 0 aliphatic rings. The summed E-state index contributed by atoms with van der Waals surface area (Å²) >= 11 is 5.88. The first-order valence-corrected chi connectivity index (χ1v) is 7.21. The number of rotatable bonds is 4. The number of nitrogens with zero attached hydrogens (tertiary/aromatic N) is 1. The molecule has 110 valence electrons. The van der Waals surface area contributed by atoms with E-state index in [-0.39, 0.29) is 17.2 Å². The minimum atomic E-state index is -0.255. The molecule has 2 rings (SSSR count). The van der Waals surface area contributed by atoms with Crippen LogP contribution < -0.4 is 0 Å². The van der Waals surface area contributed by atoms with E-state index in [0.29, 0.717) is 11.6 Å². The Balaban J connectivity index is 2.13. The molecule has 0 unspecified atom stereocenters. The molecule has 1 N–H and O–H groups in total. The van der Waals surface area contributed by atoms with Crippen LogP contribution in [0.4, 0.5) is 0 Å². The summed E-state index contributed by atoms with van der Waals surface area (Å²) in [7, 11) is 1.70. The Morgan fingerprint density at radius 1 is 1.14 bits per heavy atom. The van der Waals surface area contributed by atoms with Gasteiger partial charge in [-0.3, -0.25) is 4.79 Å². The van der Waals surface area contributed by atoms with Crippen LogP contribution in [0.3, 0.4) is 0 Å². The fourth-order valence-electron chi connectivity index (χ4n) is 2.11. The Labute approximate surface area is 129 Å². The zero-order valence-corrected chi connectivity index (χ0v) is 12.9. The summed E-state index contributed by atoms with van der Waals surface area (Å²) in [6.07, 6.45) is 0.992. The lowest BCUT2D eigenvalue weighted by atomic mass is 10.1. The van der Waals surface area contributed by atoms with Gasteiger partial charge >= 0.3 is 0 Å². The standard InChI is InChI=1S/C17H18ClNO2/c1-3-12-4-6-13(7-5-12)11-19(2)17(21)15-10-14(18)8-9-16(15)20/h4-10,20H,3,11H2,1-2H3. The van der Waals surface area contributed by atoms with Crippen molar-refractivity contribution in [2.45, 2.75) is 19.9 Å². The Morgan fingerprint density at radius 2 is 1.76 bits per heavy atom. The van der Waals surface area contributed by atoms with Crippen LogP contribution in [-0.2, 0) is 13.0 Å².